The molecule has 2 aromatic rings. The van der Waals surface area contributed by atoms with E-state index in [2.05, 4.69) is 15.1 Å². The first-order chi connectivity index (χ1) is 7.75. The van der Waals surface area contributed by atoms with Crippen LogP contribution in [-0.4, -0.2) is 19.6 Å². The van der Waals surface area contributed by atoms with Crippen molar-refractivity contribution in [3.63, 3.8) is 0 Å². The molecule has 84 valence electrons. The van der Waals surface area contributed by atoms with E-state index in [1.807, 2.05) is 0 Å². The van der Waals surface area contributed by atoms with E-state index in [0.717, 1.165) is 12.8 Å². The molecule has 5 nitrogen and oxygen atoms in total. The number of rotatable bonds is 1. The second-order valence-electron chi connectivity index (χ2n) is 4.16. The zero-order chi connectivity index (χ0) is 11.1. The van der Waals surface area contributed by atoms with Crippen LogP contribution >= 0.6 is 0 Å². The Balaban J connectivity index is 2.19. The number of nitrogens with two attached hydrogens (primary N) is 1. The highest BCUT2D eigenvalue weighted by atomic mass is 19.1. The van der Waals surface area contributed by atoms with Gasteiger partial charge >= 0.3 is 0 Å². The van der Waals surface area contributed by atoms with Gasteiger partial charge in [0.2, 0.25) is 11.9 Å². The number of nitrogen functional groups attached to an aromatic ring is 1. The number of halogens is 1. The average Bonchev–Trinajstić information content (AvgIpc) is 2.86. The van der Waals surface area contributed by atoms with Crippen molar-refractivity contribution in [2.45, 2.75) is 31.6 Å². The summed E-state index contributed by atoms with van der Waals surface area (Å²) in [6.07, 6.45) is 5.80. The lowest BCUT2D eigenvalue weighted by Crippen LogP contribution is -2.06. The zero-order valence-corrected chi connectivity index (χ0v) is 8.73. The van der Waals surface area contributed by atoms with Crippen LogP contribution in [0.5, 0.6) is 0 Å². The monoisotopic (exact) mass is 221 g/mol. The molecule has 0 bridgehead atoms. The second-order valence-corrected chi connectivity index (χ2v) is 4.16. The molecule has 1 aliphatic rings. The normalized spacial score (nSPS) is 17.3. The van der Waals surface area contributed by atoms with Crippen molar-refractivity contribution in [1.82, 2.24) is 19.6 Å². The summed E-state index contributed by atoms with van der Waals surface area (Å²) in [5.74, 6) is 0.608. The second kappa shape index (κ2) is 3.40. The molecule has 3 rings (SSSR count). The summed E-state index contributed by atoms with van der Waals surface area (Å²) in [5.41, 5.74) is 5.81. The van der Waals surface area contributed by atoms with E-state index < -0.39 is 5.95 Å². The van der Waals surface area contributed by atoms with Gasteiger partial charge in [0, 0.05) is 5.92 Å². The van der Waals surface area contributed by atoms with Crippen molar-refractivity contribution in [1.29, 1.82) is 0 Å². The predicted molar refractivity (Wildman–Crippen MR) is 56.4 cm³/mol. The molecule has 0 atom stereocenters. The van der Waals surface area contributed by atoms with Crippen molar-refractivity contribution in [3.8, 4) is 0 Å². The maximum atomic E-state index is 13.5. The third-order valence-electron chi connectivity index (χ3n) is 3.11. The molecule has 2 heterocycles. The molecule has 1 fully saturated rings. The van der Waals surface area contributed by atoms with Crippen LogP contribution in [0.4, 0.5) is 10.3 Å². The fourth-order valence-electron chi connectivity index (χ4n) is 2.33. The average molecular weight is 221 g/mol. The zero-order valence-electron chi connectivity index (χ0n) is 8.73. The molecule has 0 spiro atoms. The first-order valence-corrected chi connectivity index (χ1v) is 5.42. The summed E-state index contributed by atoms with van der Waals surface area (Å²) >= 11 is 0. The van der Waals surface area contributed by atoms with Crippen molar-refractivity contribution in [2.75, 3.05) is 5.73 Å². The molecule has 2 aromatic heterocycles. The Morgan fingerprint density at radius 3 is 2.88 bits per heavy atom. The van der Waals surface area contributed by atoms with Gasteiger partial charge in [0.15, 0.2) is 0 Å². The van der Waals surface area contributed by atoms with E-state index in [9.17, 15) is 4.39 Å². The highest BCUT2D eigenvalue weighted by Gasteiger charge is 2.24. The number of hydrogen-bond acceptors (Lipinski definition) is 4. The summed E-state index contributed by atoms with van der Waals surface area (Å²) in [4.78, 5) is 7.73. The van der Waals surface area contributed by atoms with E-state index >= 15 is 0 Å². The Kier molecular flexibility index (Phi) is 2.02. The van der Waals surface area contributed by atoms with Gasteiger partial charge < -0.3 is 5.73 Å². The molecular weight excluding hydrogens is 209 g/mol. The minimum absolute atomic E-state index is 0.143. The Hall–Kier alpha value is -1.72. The third-order valence-corrected chi connectivity index (χ3v) is 3.11. The van der Waals surface area contributed by atoms with Gasteiger partial charge in [0.1, 0.15) is 11.3 Å². The molecule has 2 N–H and O–H groups in total. The van der Waals surface area contributed by atoms with Gasteiger partial charge in [0.25, 0.3) is 0 Å². The summed E-state index contributed by atoms with van der Waals surface area (Å²) in [6.45, 7) is 0. The van der Waals surface area contributed by atoms with Crippen molar-refractivity contribution in [2.24, 2.45) is 0 Å². The Bertz CT molecular complexity index is 529. The molecule has 6 heteroatoms. The number of imidazole rings is 1. The van der Waals surface area contributed by atoms with Gasteiger partial charge in [-0.15, -0.1) is 5.10 Å². The van der Waals surface area contributed by atoms with Gasteiger partial charge in [-0.3, -0.25) is 0 Å². The summed E-state index contributed by atoms with van der Waals surface area (Å²) in [6, 6.07) is 0. The van der Waals surface area contributed by atoms with Gasteiger partial charge in [0.05, 0.1) is 6.20 Å². The molecule has 0 aromatic carbocycles. The van der Waals surface area contributed by atoms with Crippen LogP contribution < -0.4 is 5.73 Å². The topological polar surface area (TPSA) is 69.1 Å². The number of aromatic nitrogens is 4. The number of anilines is 1. The standard InChI is InChI=1S/C10H12FN5/c11-8-7-5-13-10(12)15-16(7)9(14-8)6-3-1-2-4-6/h5-6H,1-4H2,(H2,12,15). The number of nitrogens with zero attached hydrogens (tertiary/aromatic N) is 4. The first-order valence-electron chi connectivity index (χ1n) is 5.42. The molecule has 0 amide bonds. The summed E-state index contributed by atoms with van der Waals surface area (Å²) in [7, 11) is 0. The van der Waals surface area contributed by atoms with E-state index in [-0.39, 0.29) is 5.95 Å². The molecule has 1 aliphatic carbocycles. The van der Waals surface area contributed by atoms with Gasteiger partial charge in [-0.1, -0.05) is 12.8 Å². The van der Waals surface area contributed by atoms with Crippen molar-refractivity contribution in [3.05, 3.63) is 18.0 Å². The lowest BCUT2D eigenvalue weighted by molar-refractivity contribution is 0.582. The fraction of sp³-hybridized carbons (Fsp3) is 0.500. The van der Waals surface area contributed by atoms with E-state index in [1.54, 1.807) is 0 Å². The quantitative estimate of drug-likeness (QED) is 0.792. The molecule has 0 saturated heterocycles. The molecule has 1 saturated carbocycles. The lowest BCUT2D eigenvalue weighted by atomic mass is 10.1. The molecule has 0 aliphatic heterocycles. The summed E-state index contributed by atoms with van der Waals surface area (Å²) < 4.78 is 15.0. The van der Waals surface area contributed by atoms with Crippen molar-refractivity contribution < 1.29 is 4.39 Å². The smallest absolute Gasteiger partial charge is 0.242 e. The van der Waals surface area contributed by atoms with E-state index in [0.29, 0.717) is 17.3 Å². The van der Waals surface area contributed by atoms with Crippen LogP contribution in [0.1, 0.15) is 37.4 Å². The molecule has 16 heavy (non-hydrogen) atoms. The number of fused-ring (bicyclic) bond motifs is 1. The Labute approximate surface area is 91.5 Å². The van der Waals surface area contributed by atoms with Crippen molar-refractivity contribution >= 4 is 11.5 Å². The van der Waals surface area contributed by atoms with Crippen LogP contribution in [0.2, 0.25) is 0 Å². The maximum absolute atomic E-state index is 13.5. The van der Waals surface area contributed by atoms with Crippen LogP contribution in [0.15, 0.2) is 6.20 Å². The minimum atomic E-state index is -0.512. The lowest BCUT2D eigenvalue weighted by Gasteiger charge is -2.06. The molecular formula is C10H12FN5. The van der Waals surface area contributed by atoms with Gasteiger partial charge in [-0.25, -0.2) is 14.5 Å². The minimum Gasteiger partial charge on any atom is -0.367 e. The maximum Gasteiger partial charge on any atom is 0.242 e. The van der Waals surface area contributed by atoms with E-state index in [4.69, 9.17) is 5.73 Å². The highest BCUT2D eigenvalue weighted by molar-refractivity contribution is 5.45. The van der Waals surface area contributed by atoms with E-state index in [1.165, 1.54) is 23.6 Å². The van der Waals surface area contributed by atoms with Crippen LogP contribution in [-0.2, 0) is 0 Å². The van der Waals surface area contributed by atoms with Gasteiger partial charge in [-0.2, -0.15) is 4.39 Å². The van der Waals surface area contributed by atoms with Crippen LogP contribution in [0, 0.1) is 5.95 Å². The Morgan fingerprint density at radius 2 is 2.12 bits per heavy atom. The molecule has 0 radical (unpaired) electrons. The first kappa shape index (κ1) is 9.50. The van der Waals surface area contributed by atoms with Crippen LogP contribution in [0.3, 0.4) is 0 Å². The predicted octanol–water partition coefficient (Wildman–Crippen LogP) is 1.50. The SMILES string of the molecule is Nc1ncc2c(F)nc(C3CCCC3)n2n1. The third kappa shape index (κ3) is 1.33. The van der Waals surface area contributed by atoms with Crippen LogP contribution in [0.25, 0.3) is 5.52 Å². The largest absolute Gasteiger partial charge is 0.367 e. The van der Waals surface area contributed by atoms with Gasteiger partial charge in [-0.05, 0) is 12.8 Å². The number of hydrogen-bond donors (Lipinski definition) is 1. The fourth-order valence-corrected chi connectivity index (χ4v) is 2.33. The highest BCUT2D eigenvalue weighted by Crippen LogP contribution is 2.33. The molecule has 0 unspecified atom stereocenters. The Morgan fingerprint density at radius 1 is 1.38 bits per heavy atom. The summed E-state index contributed by atoms with van der Waals surface area (Å²) in [5, 5.41) is 4.02.